The van der Waals surface area contributed by atoms with Gasteiger partial charge in [0.15, 0.2) is 5.17 Å². The summed E-state index contributed by atoms with van der Waals surface area (Å²) in [4.78, 5) is 13.6. The maximum Gasteiger partial charge on any atom is 0.284 e. The van der Waals surface area contributed by atoms with Crippen LogP contribution in [0.2, 0.25) is 0 Å². The van der Waals surface area contributed by atoms with Gasteiger partial charge in [-0.05, 0) is 30.7 Å². The van der Waals surface area contributed by atoms with E-state index in [1.54, 1.807) is 18.2 Å². The molecule has 8 heteroatoms. The van der Waals surface area contributed by atoms with Gasteiger partial charge in [-0.2, -0.15) is 8.42 Å². The quantitative estimate of drug-likeness (QED) is 0.709. The monoisotopic (exact) mass is 402 g/mol. The lowest BCUT2D eigenvalue weighted by molar-refractivity contribution is -0.125. The number of hydrogen-bond acceptors (Lipinski definition) is 4. The summed E-state index contributed by atoms with van der Waals surface area (Å²) >= 11 is 4.44. The van der Waals surface area contributed by atoms with E-state index in [-0.39, 0.29) is 27.8 Å². The van der Waals surface area contributed by atoms with E-state index in [1.807, 2.05) is 6.92 Å². The Labute approximate surface area is 142 Å². The van der Waals surface area contributed by atoms with Crippen molar-refractivity contribution in [2.24, 2.45) is 4.40 Å². The molecule has 22 heavy (non-hydrogen) atoms. The molecule has 1 saturated heterocycles. The summed E-state index contributed by atoms with van der Waals surface area (Å²) in [6, 6.07) is 6.22. The van der Waals surface area contributed by atoms with Crippen LogP contribution in [0, 0.1) is 0 Å². The summed E-state index contributed by atoms with van der Waals surface area (Å²) in [5, 5.41) is -0.0847. The van der Waals surface area contributed by atoms with Gasteiger partial charge in [0.1, 0.15) is 0 Å². The highest BCUT2D eigenvalue weighted by Crippen LogP contribution is 2.30. The maximum atomic E-state index is 12.4. The molecule has 0 unspecified atom stereocenters. The van der Waals surface area contributed by atoms with Gasteiger partial charge in [-0.3, -0.25) is 9.69 Å². The number of rotatable bonds is 5. The number of thioether (sulfide) groups is 1. The summed E-state index contributed by atoms with van der Waals surface area (Å²) in [5.74, 6) is -0.128. The highest BCUT2D eigenvalue weighted by molar-refractivity contribution is 9.10. The van der Waals surface area contributed by atoms with Crippen LogP contribution in [0.25, 0.3) is 0 Å². The van der Waals surface area contributed by atoms with Gasteiger partial charge in [0.25, 0.3) is 10.0 Å². The standard InChI is InChI=1S/C14H15BrN2O3S2/c1-3-9-17-13(18)12(4-2)21-14(17)16-22(19,20)11-7-5-10(15)6-8-11/h3,5-8,12H,1,4,9H2,2H3/t12-/m0/s1. The number of amides is 1. The van der Waals surface area contributed by atoms with Crippen molar-refractivity contribution in [1.29, 1.82) is 0 Å². The Kier molecular flexibility index (Phi) is 5.46. The van der Waals surface area contributed by atoms with E-state index in [0.29, 0.717) is 6.42 Å². The maximum absolute atomic E-state index is 12.4. The third kappa shape index (κ3) is 3.61. The number of sulfonamides is 1. The SMILES string of the molecule is C=CCN1C(=O)[C@H](CC)SC1=NS(=O)(=O)c1ccc(Br)cc1. The summed E-state index contributed by atoms with van der Waals surface area (Å²) in [5.41, 5.74) is 0. The highest BCUT2D eigenvalue weighted by atomic mass is 79.9. The molecule has 0 aliphatic carbocycles. The minimum atomic E-state index is -3.85. The van der Waals surface area contributed by atoms with Crippen LogP contribution < -0.4 is 0 Å². The number of amidine groups is 1. The zero-order chi connectivity index (χ0) is 16.3. The van der Waals surface area contributed by atoms with E-state index in [4.69, 9.17) is 0 Å². The number of carbonyl (C=O) groups excluding carboxylic acids is 1. The molecule has 2 rings (SSSR count). The third-order valence-corrected chi connectivity index (χ3v) is 6.28. The number of benzene rings is 1. The molecular weight excluding hydrogens is 388 g/mol. The molecule has 0 aromatic heterocycles. The molecule has 0 bridgehead atoms. The molecule has 118 valence electrons. The molecule has 1 heterocycles. The number of hydrogen-bond donors (Lipinski definition) is 0. The first kappa shape index (κ1) is 17.2. The Hall–Kier alpha value is -1.12. The van der Waals surface area contributed by atoms with Crippen LogP contribution in [-0.4, -0.2) is 36.2 Å². The van der Waals surface area contributed by atoms with E-state index in [1.165, 1.54) is 28.8 Å². The van der Waals surface area contributed by atoms with Crippen LogP contribution in [0.4, 0.5) is 0 Å². The van der Waals surface area contributed by atoms with Gasteiger partial charge >= 0.3 is 0 Å². The van der Waals surface area contributed by atoms with Gasteiger partial charge in [0.05, 0.1) is 10.1 Å². The van der Waals surface area contributed by atoms with Crippen LogP contribution in [0.3, 0.4) is 0 Å². The topological polar surface area (TPSA) is 66.8 Å². The number of nitrogens with zero attached hydrogens (tertiary/aromatic N) is 2. The largest absolute Gasteiger partial charge is 0.286 e. The average Bonchev–Trinajstić information content (AvgIpc) is 2.76. The predicted molar refractivity (Wildman–Crippen MR) is 92.3 cm³/mol. The van der Waals surface area contributed by atoms with Crippen molar-refractivity contribution in [3.05, 3.63) is 41.4 Å². The number of halogens is 1. The fraction of sp³-hybridized carbons (Fsp3) is 0.286. The van der Waals surface area contributed by atoms with Crippen LogP contribution in [0.5, 0.6) is 0 Å². The van der Waals surface area contributed by atoms with E-state index >= 15 is 0 Å². The lowest BCUT2D eigenvalue weighted by atomic mass is 10.3. The van der Waals surface area contributed by atoms with E-state index in [9.17, 15) is 13.2 Å². The number of carbonyl (C=O) groups is 1. The van der Waals surface area contributed by atoms with Gasteiger partial charge in [-0.1, -0.05) is 40.7 Å². The van der Waals surface area contributed by atoms with Crippen LogP contribution >= 0.6 is 27.7 Å². The Morgan fingerprint density at radius 1 is 1.41 bits per heavy atom. The molecule has 1 amide bonds. The molecule has 0 N–H and O–H groups in total. The van der Waals surface area contributed by atoms with Crippen LogP contribution in [0.15, 0.2) is 50.7 Å². The van der Waals surface area contributed by atoms with E-state index in [2.05, 4.69) is 26.9 Å². The van der Waals surface area contributed by atoms with Gasteiger partial charge in [-0.15, -0.1) is 11.0 Å². The van der Waals surface area contributed by atoms with Crippen molar-refractivity contribution in [3.8, 4) is 0 Å². The third-order valence-electron chi connectivity index (χ3n) is 3.01. The molecule has 0 radical (unpaired) electrons. The van der Waals surface area contributed by atoms with Crippen molar-refractivity contribution >= 4 is 48.8 Å². The van der Waals surface area contributed by atoms with Gasteiger partial charge in [0, 0.05) is 11.0 Å². The lowest BCUT2D eigenvalue weighted by Crippen LogP contribution is -2.32. The van der Waals surface area contributed by atoms with Crippen LogP contribution in [-0.2, 0) is 14.8 Å². The first-order valence-corrected chi connectivity index (χ1v) is 9.69. The summed E-state index contributed by atoms with van der Waals surface area (Å²) in [6.45, 7) is 5.73. The molecule has 1 atom stereocenters. The molecule has 0 saturated carbocycles. The lowest BCUT2D eigenvalue weighted by Gasteiger charge is -2.13. The second kappa shape index (κ2) is 6.97. The van der Waals surface area contributed by atoms with Crippen molar-refractivity contribution in [2.45, 2.75) is 23.5 Å². The van der Waals surface area contributed by atoms with Crippen molar-refractivity contribution in [2.75, 3.05) is 6.54 Å². The Bertz CT molecular complexity index is 714. The average molecular weight is 403 g/mol. The minimum Gasteiger partial charge on any atom is -0.286 e. The fourth-order valence-electron chi connectivity index (χ4n) is 1.90. The van der Waals surface area contributed by atoms with Gasteiger partial charge in [-0.25, -0.2) is 0 Å². The van der Waals surface area contributed by atoms with Gasteiger partial charge < -0.3 is 0 Å². The molecule has 1 aliphatic rings. The van der Waals surface area contributed by atoms with E-state index < -0.39 is 10.0 Å². The van der Waals surface area contributed by atoms with Crippen molar-refractivity contribution in [1.82, 2.24) is 4.90 Å². The van der Waals surface area contributed by atoms with Crippen LogP contribution in [0.1, 0.15) is 13.3 Å². The normalized spacial score (nSPS) is 20.6. The Morgan fingerprint density at radius 3 is 2.59 bits per heavy atom. The molecule has 1 aromatic rings. The summed E-state index contributed by atoms with van der Waals surface area (Å²) in [6.07, 6.45) is 2.17. The Morgan fingerprint density at radius 2 is 2.05 bits per heavy atom. The molecule has 1 aromatic carbocycles. The Balaban J connectivity index is 2.39. The predicted octanol–water partition coefficient (Wildman–Crippen LogP) is 3.03. The first-order chi connectivity index (χ1) is 10.4. The molecule has 1 fully saturated rings. The second-order valence-electron chi connectivity index (χ2n) is 4.56. The molecule has 1 aliphatic heterocycles. The van der Waals surface area contributed by atoms with Gasteiger partial charge in [0.2, 0.25) is 5.91 Å². The fourth-order valence-corrected chi connectivity index (χ4v) is 4.46. The van der Waals surface area contributed by atoms with Crippen molar-refractivity contribution < 1.29 is 13.2 Å². The molecular formula is C14H15BrN2O3S2. The molecule has 0 spiro atoms. The summed E-state index contributed by atoms with van der Waals surface area (Å²) in [7, 11) is -3.85. The first-order valence-electron chi connectivity index (χ1n) is 6.58. The summed E-state index contributed by atoms with van der Waals surface area (Å²) < 4.78 is 29.4. The zero-order valence-electron chi connectivity index (χ0n) is 11.9. The minimum absolute atomic E-state index is 0.0924. The molecule has 5 nitrogen and oxygen atoms in total. The van der Waals surface area contributed by atoms with Crippen molar-refractivity contribution in [3.63, 3.8) is 0 Å². The smallest absolute Gasteiger partial charge is 0.284 e. The second-order valence-corrected chi connectivity index (χ2v) is 8.24. The highest BCUT2D eigenvalue weighted by Gasteiger charge is 2.37. The van der Waals surface area contributed by atoms with E-state index in [0.717, 1.165) is 4.47 Å². The zero-order valence-corrected chi connectivity index (χ0v) is 15.1.